The Balaban J connectivity index is 1.89. The normalized spacial score (nSPS) is 19.6. The van der Waals surface area contributed by atoms with E-state index in [4.69, 9.17) is 0 Å². The zero-order chi connectivity index (χ0) is 13.2. The number of nitrogens with one attached hydrogen (secondary N) is 2. The first kappa shape index (κ1) is 12.9. The maximum Gasteiger partial charge on any atom is 0.0926 e. The number of hydrogen-bond donors (Lipinski definition) is 2. The van der Waals surface area contributed by atoms with Crippen molar-refractivity contribution in [2.75, 3.05) is 13.1 Å². The third-order valence-electron chi connectivity index (χ3n) is 3.81. The van der Waals surface area contributed by atoms with E-state index >= 15 is 0 Å². The fraction of sp³-hybridized carbons (Fsp3) is 0.400. The second kappa shape index (κ2) is 5.47. The van der Waals surface area contributed by atoms with E-state index in [1.807, 2.05) is 0 Å². The van der Waals surface area contributed by atoms with Crippen LogP contribution in [0, 0.1) is 6.92 Å². The molecule has 1 aliphatic heterocycles. The summed E-state index contributed by atoms with van der Waals surface area (Å²) in [6.07, 6.45) is 2.49. The second-order valence-electron chi connectivity index (χ2n) is 5.21. The number of piperidine rings is 1. The third kappa shape index (κ3) is 2.74. The summed E-state index contributed by atoms with van der Waals surface area (Å²) in [6, 6.07) is 8.52. The van der Waals surface area contributed by atoms with Gasteiger partial charge in [-0.2, -0.15) is 5.10 Å². The predicted molar refractivity (Wildman–Crippen MR) is 81.3 cm³/mol. The van der Waals surface area contributed by atoms with Crippen LogP contribution in [0.4, 0.5) is 0 Å². The standard InChI is InChI=1S/C15H18BrN3/c1-10-4-5-12(16)7-13(10)15-8-14(18-19-15)11-3-2-6-17-9-11/h4-5,7-8,11,17H,2-3,6,9H2,1H3,(H,18,19). The van der Waals surface area contributed by atoms with Crippen molar-refractivity contribution in [2.45, 2.75) is 25.7 Å². The number of benzene rings is 1. The van der Waals surface area contributed by atoms with E-state index in [1.54, 1.807) is 0 Å². The van der Waals surface area contributed by atoms with E-state index in [9.17, 15) is 0 Å². The fourth-order valence-corrected chi connectivity index (χ4v) is 3.03. The Morgan fingerprint density at radius 1 is 1.32 bits per heavy atom. The first-order chi connectivity index (χ1) is 9.24. The molecular formula is C15H18BrN3. The molecule has 1 fully saturated rings. The highest BCUT2D eigenvalue weighted by Crippen LogP contribution is 2.29. The van der Waals surface area contributed by atoms with Crippen LogP contribution in [0.2, 0.25) is 0 Å². The van der Waals surface area contributed by atoms with Crippen molar-refractivity contribution in [3.63, 3.8) is 0 Å². The van der Waals surface area contributed by atoms with Gasteiger partial charge in [0, 0.05) is 28.2 Å². The van der Waals surface area contributed by atoms with Gasteiger partial charge in [0.1, 0.15) is 0 Å². The molecule has 1 atom stereocenters. The van der Waals surface area contributed by atoms with Crippen molar-refractivity contribution in [3.8, 4) is 11.3 Å². The number of hydrogen-bond acceptors (Lipinski definition) is 2. The highest BCUT2D eigenvalue weighted by molar-refractivity contribution is 9.10. The molecule has 2 heterocycles. The average Bonchev–Trinajstić information content (AvgIpc) is 2.92. The van der Waals surface area contributed by atoms with Crippen LogP contribution >= 0.6 is 15.9 Å². The lowest BCUT2D eigenvalue weighted by Crippen LogP contribution is -2.28. The largest absolute Gasteiger partial charge is 0.316 e. The average molecular weight is 320 g/mol. The number of aryl methyl sites for hydroxylation is 1. The van der Waals surface area contributed by atoms with Crippen LogP contribution in [0.1, 0.15) is 30.0 Å². The molecule has 0 aliphatic carbocycles. The number of rotatable bonds is 2. The summed E-state index contributed by atoms with van der Waals surface area (Å²) in [7, 11) is 0. The number of H-pyrrole nitrogens is 1. The summed E-state index contributed by atoms with van der Waals surface area (Å²) >= 11 is 3.53. The summed E-state index contributed by atoms with van der Waals surface area (Å²) in [5.41, 5.74) is 4.74. The first-order valence-corrected chi connectivity index (χ1v) is 7.56. The molecule has 0 bridgehead atoms. The Kier molecular flexibility index (Phi) is 3.71. The van der Waals surface area contributed by atoms with Crippen molar-refractivity contribution in [1.82, 2.24) is 15.5 Å². The minimum atomic E-state index is 0.572. The first-order valence-electron chi connectivity index (χ1n) is 6.76. The third-order valence-corrected chi connectivity index (χ3v) is 4.30. The van der Waals surface area contributed by atoms with Crippen LogP contribution in [-0.2, 0) is 0 Å². The minimum absolute atomic E-state index is 0.572. The maximum atomic E-state index is 4.49. The van der Waals surface area contributed by atoms with Gasteiger partial charge in [0.25, 0.3) is 0 Å². The lowest BCUT2D eigenvalue weighted by molar-refractivity contribution is 0.454. The monoisotopic (exact) mass is 319 g/mol. The molecule has 2 N–H and O–H groups in total. The quantitative estimate of drug-likeness (QED) is 0.887. The molecule has 1 aliphatic rings. The minimum Gasteiger partial charge on any atom is -0.316 e. The Morgan fingerprint density at radius 2 is 2.21 bits per heavy atom. The van der Waals surface area contributed by atoms with Gasteiger partial charge in [-0.15, -0.1) is 0 Å². The zero-order valence-electron chi connectivity index (χ0n) is 11.0. The SMILES string of the molecule is Cc1ccc(Br)cc1-c1cc(C2CCCNC2)[nH]n1. The molecule has 0 amide bonds. The van der Waals surface area contributed by atoms with Gasteiger partial charge in [-0.1, -0.05) is 22.0 Å². The Morgan fingerprint density at radius 3 is 3.00 bits per heavy atom. The van der Waals surface area contributed by atoms with E-state index < -0.39 is 0 Å². The molecule has 2 aromatic rings. The molecule has 3 rings (SSSR count). The smallest absolute Gasteiger partial charge is 0.0926 e. The van der Waals surface area contributed by atoms with Crippen LogP contribution in [-0.4, -0.2) is 23.3 Å². The topological polar surface area (TPSA) is 40.7 Å². The summed E-state index contributed by atoms with van der Waals surface area (Å²) in [5, 5.41) is 11.2. The molecule has 100 valence electrons. The highest BCUT2D eigenvalue weighted by Gasteiger charge is 2.18. The molecule has 0 saturated carbocycles. The van der Waals surface area contributed by atoms with Crippen molar-refractivity contribution in [2.24, 2.45) is 0 Å². The molecule has 19 heavy (non-hydrogen) atoms. The van der Waals surface area contributed by atoms with Crippen molar-refractivity contribution >= 4 is 15.9 Å². The highest BCUT2D eigenvalue weighted by atomic mass is 79.9. The Hall–Kier alpha value is -1.13. The number of halogens is 1. The van der Waals surface area contributed by atoms with Gasteiger partial charge in [0.2, 0.25) is 0 Å². The Labute approximate surface area is 121 Å². The number of aromatic amines is 1. The lowest BCUT2D eigenvalue weighted by Gasteiger charge is -2.21. The van der Waals surface area contributed by atoms with Crippen LogP contribution in [0.5, 0.6) is 0 Å². The fourth-order valence-electron chi connectivity index (χ4n) is 2.67. The second-order valence-corrected chi connectivity index (χ2v) is 6.13. The molecule has 1 aromatic carbocycles. The van der Waals surface area contributed by atoms with E-state index in [0.29, 0.717) is 5.92 Å². The van der Waals surface area contributed by atoms with Gasteiger partial charge in [-0.3, -0.25) is 5.10 Å². The lowest BCUT2D eigenvalue weighted by atomic mass is 9.95. The van der Waals surface area contributed by atoms with Gasteiger partial charge >= 0.3 is 0 Å². The summed E-state index contributed by atoms with van der Waals surface area (Å²) in [4.78, 5) is 0. The van der Waals surface area contributed by atoms with Crippen LogP contribution < -0.4 is 5.32 Å². The van der Waals surface area contributed by atoms with Crippen LogP contribution in [0.15, 0.2) is 28.7 Å². The molecule has 1 unspecified atom stereocenters. The maximum absolute atomic E-state index is 4.49. The summed E-state index contributed by atoms with van der Waals surface area (Å²) < 4.78 is 1.09. The van der Waals surface area contributed by atoms with Crippen molar-refractivity contribution in [3.05, 3.63) is 40.0 Å². The Bertz CT molecular complexity index is 571. The van der Waals surface area contributed by atoms with Crippen LogP contribution in [0.3, 0.4) is 0 Å². The molecule has 1 aromatic heterocycles. The number of aromatic nitrogens is 2. The molecule has 0 radical (unpaired) electrons. The van der Waals surface area contributed by atoms with E-state index in [0.717, 1.165) is 23.3 Å². The van der Waals surface area contributed by atoms with Gasteiger partial charge in [-0.25, -0.2) is 0 Å². The van der Waals surface area contributed by atoms with Gasteiger partial charge in [0.15, 0.2) is 0 Å². The van der Waals surface area contributed by atoms with Crippen LogP contribution in [0.25, 0.3) is 11.3 Å². The summed E-state index contributed by atoms with van der Waals surface area (Å²) in [6.45, 7) is 4.32. The molecule has 3 nitrogen and oxygen atoms in total. The van der Waals surface area contributed by atoms with Gasteiger partial charge in [-0.05, 0) is 50.1 Å². The molecule has 4 heteroatoms. The zero-order valence-corrected chi connectivity index (χ0v) is 12.6. The molecule has 1 saturated heterocycles. The molecular weight excluding hydrogens is 302 g/mol. The van der Waals surface area contributed by atoms with E-state index in [1.165, 1.54) is 29.7 Å². The predicted octanol–water partition coefficient (Wildman–Crippen LogP) is 3.61. The van der Waals surface area contributed by atoms with Gasteiger partial charge < -0.3 is 5.32 Å². The molecule has 0 spiro atoms. The van der Waals surface area contributed by atoms with E-state index in [2.05, 4.69) is 62.6 Å². The van der Waals surface area contributed by atoms with Gasteiger partial charge in [0.05, 0.1) is 5.69 Å². The summed E-state index contributed by atoms with van der Waals surface area (Å²) in [5.74, 6) is 0.572. The van der Waals surface area contributed by atoms with Crippen molar-refractivity contribution in [1.29, 1.82) is 0 Å². The number of nitrogens with zero attached hydrogens (tertiary/aromatic N) is 1. The van der Waals surface area contributed by atoms with E-state index in [-0.39, 0.29) is 0 Å². The van der Waals surface area contributed by atoms with Crippen molar-refractivity contribution < 1.29 is 0 Å².